The highest BCUT2D eigenvalue weighted by atomic mass is 16.5. The van der Waals surface area contributed by atoms with Gasteiger partial charge in [0.15, 0.2) is 11.5 Å². The summed E-state index contributed by atoms with van der Waals surface area (Å²) >= 11 is 0. The second kappa shape index (κ2) is 3.73. The summed E-state index contributed by atoms with van der Waals surface area (Å²) in [6.07, 6.45) is 2.39. The molecule has 6 atom stereocenters. The van der Waals surface area contributed by atoms with Gasteiger partial charge in [0.1, 0.15) is 6.10 Å². The van der Waals surface area contributed by atoms with Gasteiger partial charge in [-0.15, -0.1) is 0 Å². The second-order valence-corrected chi connectivity index (χ2v) is 7.35. The number of hydrogen-bond donors (Lipinski definition) is 3. The Hall–Kier alpha value is -1.26. The average Bonchev–Trinajstić information content (AvgIpc) is 2.80. The highest BCUT2D eigenvalue weighted by Gasteiger charge is 2.65. The number of aliphatic hydroxyl groups is 1. The highest BCUT2D eigenvalue weighted by molar-refractivity contribution is 5.60. The Morgan fingerprint density at radius 1 is 1.38 bits per heavy atom. The molecule has 1 aromatic rings. The summed E-state index contributed by atoms with van der Waals surface area (Å²) < 4.78 is 6.16. The van der Waals surface area contributed by atoms with Crippen molar-refractivity contribution < 1.29 is 14.9 Å². The molecule has 0 amide bonds. The van der Waals surface area contributed by atoms with Crippen LogP contribution in [0.4, 0.5) is 0 Å². The van der Waals surface area contributed by atoms with Crippen LogP contribution < -0.4 is 10.1 Å². The van der Waals surface area contributed by atoms with E-state index < -0.39 is 6.10 Å². The lowest BCUT2D eigenvalue weighted by molar-refractivity contribution is -0.103. The van der Waals surface area contributed by atoms with Crippen LogP contribution >= 0.6 is 0 Å². The molecular formula is C17H21NO3. The van der Waals surface area contributed by atoms with Crippen LogP contribution in [-0.2, 0) is 11.8 Å². The lowest BCUT2D eigenvalue weighted by atomic mass is 9.50. The number of ether oxygens (including phenoxy) is 1. The van der Waals surface area contributed by atoms with Crippen LogP contribution in [0, 0.1) is 11.8 Å². The van der Waals surface area contributed by atoms with Crippen molar-refractivity contribution in [3.63, 3.8) is 0 Å². The van der Waals surface area contributed by atoms with E-state index in [0.29, 0.717) is 17.7 Å². The first-order valence-corrected chi connectivity index (χ1v) is 8.06. The van der Waals surface area contributed by atoms with E-state index in [4.69, 9.17) is 4.74 Å². The van der Waals surface area contributed by atoms with Gasteiger partial charge in [0.25, 0.3) is 0 Å². The molecule has 0 aromatic heterocycles. The number of hydrogen-bond acceptors (Lipinski definition) is 4. The minimum absolute atomic E-state index is 0.0938. The Bertz CT molecular complexity index is 631. The fraction of sp³-hybridized carbons (Fsp3) is 0.647. The number of aromatic hydroxyl groups is 1. The average molecular weight is 287 g/mol. The smallest absolute Gasteiger partial charge is 0.165 e. The molecule has 2 fully saturated rings. The molecule has 1 spiro atoms. The maximum Gasteiger partial charge on any atom is 0.165 e. The molecule has 3 N–H and O–H groups in total. The zero-order valence-corrected chi connectivity index (χ0v) is 12.2. The zero-order valence-electron chi connectivity index (χ0n) is 12.2. The van der Waals surface area contributed by atoms with Crippen LogP contribution in [0.1, 0.15) is 30.9 Å². The molecule has 2 aliphatic heterocycles. The summed E-state index contributed by atoms with van der Waals surface area (Å²) in [6, 6.07) is 4.26. The van der Waals surface area contributed by atoms with Gasteiger partial charge in [0.2, 0.25) is 0 Å². The van der Waals surface area contributed by atoms with Crippen LogP contribution in [-0.4, -0.2) is 35.0 Å². The van der Waals surface area contributed by atoms with Gasteiger partial charge < -0.3 is 20.3 Å². The molecule has 1 unspecified atom stereocenters. The number of aliphatic hydroxyl groups excluding tert-OH is 1. The Labute approximate surface area is 124 Å². The van der Waals surface area contributed by atoms with E-state index in [1.165, 1.54) is 11.1 Å². The Balaban J connectivity index is 1.81. The third-order valence-corrected chi connectivity index (χ3v) is 6.49. The molecule has 0 radical (unpaired) electrons. The minimum atomic E-state index is -0.447. The van der Waals surface area contributed by atoms with E-state index in [2.05, 4.69) is 12.2 Å². The first kappa shape index (κ1) is 12.3. The fourth-order valence-corrected chi connectivity index (χ4v) is 5.64. The van der Waals surface area contributed by atoms with Crippen LogP contribution in [0.15, 0.2) is 12.1 Å². The SMILES string of the molecule is CC1C[C@H]2[C@H]3Cc4ccc(O)c5c4[C@@]2(CCN3)[C@@H](O5)[C@H]1O. The molecule has 21 heavy (non-hydrogen) atoms. The molecular weight excluding hydrogens is 266 g/mol. The first-order valence-electron chi connectivity index (χ1n) is 8.06. The summed E-state index contributed by atoms with van der Waals surface area (Å²) in [5, 5.41) is 24.6. The van der Waals surface area contributed by atoms with E-state index in [0.717, 1.165) is 25.8 Å². The van der Waals surface area contributed by atoms with Crippen molar-refractivity contribution in [2.24, 2.45) is 11.8 Å². The third kappa shape index (κ3) is 1.25. The van der Waals surface area contributed by atoms with Crippen molar-refractivity contribution in [3.8, 4) is 11.5 Å². The van der Waals surface area contributed by atoms with E-state index in [-0.39, 0.29) is 23.2 Å². The molecule has 5 rings (SSSR count). The van der Waals surface area contributed by atoms with Gasteiger partial charge in [-0.2, -0.15) is 0 Å². The van der Waals surface area contributed by atoms with Gasteiger partial charge in [-0.25, -0.2) is 0 Å². The maximum absolute atomic E-state index is 10.7. The number of phenolic OH excluding ortho intramolecular Hbond substituents is 1. The molecule has 4 nitrogen and oxygen atoms in total. The zero-order chi connectivity index (χ0) is 14.4. The summed E-state index contributed by atoms with van der Waals surface area (Å²) in [4.78, 5) is 0. The predicted octanol–water partition coefficient (Wildman–Crippen LogP) is 1.33. The lowest BCUT2D eigenvalue weighted by Crippen LogP contribution is -2.67. The van der Waals surface area contributed by atoms with E-state index >= 15 is 0 Å². The van der Waals surface area contributed by atoms with Gasteiger partial charge in [-0.3, -0.25) is 0 Å². The lowest BCUT2D eigenvalue weighted by Gasteiger charge is -2.57. The summed E-state index contributed by atoms with van der Waals surface area (Å²) in [7, 11) is 0. The molecule has 4 heteroatoms. The van der Waals surface area contributed by atoms with Crippen molar-refractivity contribution in [1.29, 1.82) is 0 Å². The first-order chi connectivity index (χ1) is 10.1. The second-order valence-electron chi connectivity index (χ2n) is 7.35. The van der Waals surface area contributed by atoms with Crippen molar-refractivity contribution in [2.45, 2.75) is 49.9 Å². The molecule has 1 aromatic carbocycles. The number of piperidine rings is 1. The van der Waals surface area contributed by atoms with Crippen molar-refractivity contribution in [2.75, 3.05) is 6.54 Å². The topological polar surface area (TPSA) is 61.7 Å². The Kier molecular flexibility index (Phi) is 2.19. The molecule has 4 aliphatic rings. The number of phenols is 1. The van der Waals surface area contributed by atoms with Gasteiger partial charge in [-0.05, 0) is 49.3 Å². The van der Waals surface area contributed by atoms with Gasteiger partial charge in [0.05, 0.1) is 6.10 Å². The quantitative estimate of drug-likeness (QED) is 0.673. The van der Waals surface area contributed by atoms with Crippen LogP contribution in [0.5, 0.6) is 11.5 Å². The van der Waals surface area contributed by atoms with Crippen LogP contribution in [0.3, 0.4) is 0 Å². The molecule has 1 saturated heterocycles. The standard InChI is InChI=1S/C17H21NO3/c1-8-6-10-11-7-9-2-3-12(19)15-13(9)17(10,4-5-18-11)16(21-15)14(8)20/h2-3,8,10-11,14,16,18-20H,4-7H2,1H3/t8?,10-,11+,14-,16-,17-/m0/s1. The molecule has 2 bridgehead atoms. The van der Waals surface area contributed by atoms with Gasteiger partial charge >= 0.3 is 0 Å². The van der Waals surface area contributed by atoms with Gasteiger partial charge in [0, 0.05) is 17.0 Å². The summed E-state index contributed by atoms with van der Waals surface area (Å²) in [6.45, 7) is 3.09. The molecule has 2 heterocycles. The normalized spacial score (nSPS) is 45.9. The number of benzene rings is 1. The predicted molar refractivity (Wildman–Crippen MR) is 77.6 cm³/mol. The Morgan fingerprint density at radius 3 is 3.10 bits per heavy atom. The van der Waals surface area contributed by atoms with Crippen molar-refractivity contribution in [3.05, 3.63) is 23.3 Å². The summed E-state index contributed by atoms with van der Waals surface area (Å²) in [5.41, 5.74) is 2.41. The van der Waals surface area contributed by atoms with Crippen molar-refractivity contribution >= 4 is 0 Å². The maximum atomic E-state index is 10.7. The third-order valence-electron chi connectivity index (χ3n) is 6.49. The van der Waals surface area contributed by atoms with E-state index in [1.807, 2.05) is 6.07 Å². The van der Waals surface area contributed by atoms with Crippen LogP contribution in [0.2, 0.25) is 0 Å². The molecule has 1 saturated carbocycles. The molecule has 112 valence electrons. The number of rotatable bonds is 0. The van der Waals surface area contributed by atoms with Gasteiger partial charge in [-0.1, -0.05) is 13.0 Å². The van der Waals surface area contributed by atoms with E-state index in [9.17, 15) is 10.2 Å². The summed E-state index contributed by atoms with van der Waals surface area (Å²) in [5.74, 6) is 1.63. The highest BCUT2D eigenvalue weighted by Crippen LogP contribution is 2.63. The van der Waals surface area contributed by atoms with Crippen LogP contribution in [0.25, 0.3) is 0 Å². The monoisotopic (exact) mass is 287 g/mol. The van der Waals surface area contributed by atoms with E-state index in [1.54, 1.807) is 6.07 Å². The number of nitrogens with one attached hydrogen (secondary N) is 1. The largest absolute Gasteiger partial charge is 0.504 e. The van der Waals surface area contributed by atoms with Crippen molar-refractivity contribution in [1.82, 2.24) is 5.32 Å². The Morgan fingerprint density at radius 2 is 2.24 bits per heavy atom. The molecule has 2 aliphatic carbocycles. The fourth-order valence-electron chi connectivity index (χ4n) is 5.64. The minimum Gasteiger partial charge on any atom is -0.504 e.